The summed E-state index contributed by atoms with van der Waals surface area (Å²) in [5.41, 5.74) is -0.211. The van der Waals surface area contributed by atoms with Gasteiger partial charge in [0.05, 0.1) is 0 Å². The van der Waals surface area contributed by atoms with Crippen molar-refractivity contribution in [1.82, 2.24) is 5.32 Å². The molecule has 0 aliphatic heterocycles. The standard InChI is InChI=1S/C13H16BrNO4/c1-13(2,3)19-12(18)15-10(11(16)17)8-5-4-6-9(14)7-8/h4-7,10H,1-3H3,(H,15,18)(H,16,17)/t10-/m1/s1. The molecule has 1 atom stereocenters. The summed E-state index contributed by atoms with van der Waals surface area (Å²) < 4.78 is 5.78. The van der Waals surface area contributed by atoms with Gasteiger partial charge < -0.3 is 15.2 Å². The number of aliphatic carboxylic acids is 1. The van der Waals surface area contributed by atoms with Crippen molar-refractivity contribution in [3.05, 3.63) is 34.3 Å². The van der Waals surface area contributed by atoms with Gasteiger partial charge in [-0.25, -0.2) is 9.59 Å². The first kappa shape index (κ1) is 15.5. The van der Waals surface area contributed by atoms with Gasteiger partial charge in [0, 0.05) is 4.47 Å². The van der Waals surface area contributed by atoms with E-state index in [-0.39, 0.29) is 0 Å². The zero-order valence-electron chi connectivity index (χ0n) is 10.9. The molecule has 1 aromatic rings. The van der Waals surface area contributed by atoms with Gasteiger partial charge in [-0.15, -0.1) is 0 Å². The van der Waals surface area contributed by atoms with Gasteiger partial charge in [0.25, 0.3) is 0 Å². The Morgan fingerprint density at radius 1 is 1.37 bits per heavy atom. The molecule has 0 fully saturated rings. The van der Waals surface area contributed by atoms with Crippen LogP contribution >= 0.6 is 15.9 Å². The van der Waals surface area contributed by atoms with Gasteiger partial charge in [-0.3, -0.25) is 0 Å². The minimum absolute atomic E-state index is 0.465. The second-order valence-electron chi connectivity index (χ2n) is 4.97. The summed E-state index contributed by atoms with van der Waals surface area (Å²) in [6.07, 6.45) is -0.764. The first-order valence-electron chi connectivity index (χ1n) is 5.67. The second-order valence-corrected chi connectivity index (χ2v) is 5.89. The predicted octanol–water partition coefficient (Wildman–Crippen LogP) is 3.10. The van der Waals surface area contributed by atoms with Crippen molar-refractivity contribution in [1.29, 1.82) is 0 Å². The van der Waals surface area contributed by atoms with E-state index in [1.54, 1.807) is 45.0 Å². The van der Waals surface area contributed by atoms with E-state index in [2.05, 4.69) is 21.2 Å². The summed E-state index contributed by atoms with van der Waals surface area (Å²) in [5, 5.41) is 11.5. The van der Waals surface area contributed by atoms with Crippen molar-refractivity contribution in [2.75, 3.05) is 0 Å². The largest absolute Gasteiger partial charge is 0.479 e. The molecule has 1 amide bonds. The summed E-state index contributed by atoms with van der Waals surface area (Å²) in [6, 6.07) is 5.59. The Morgan fingerprint density at radius 2 is 2.00 bits per heavy atom. The minimum Gasteiger partial charge on any atom is -0.479 e. The Morgan fingerprint density at radius 3 is 2.47 bits per heavy atom. The molecule has 2 N–H and O–H groups in total. The molecular formula is C13H16BrNO4. The maximum Gasteiger partial charge on any atom is 0.408 e. The number of amides is 1. The SMILES string of the molecule is CC(C)(C)OC(=O)N[C@@H](C(=O)O)c1cccc(Br)c1. The van der Waals surface area contributed by atoms with Crippen LogP contribution in [0.25, 0.3) is 0 Å². The van der Waals surface area contributed by atoms with Crippen LogP contribution in [-0.4, -0.2) is 22.8 Å². The van der Waals surface area contributed by atoms with Crippen LogP contribution in [0.4, 0.5) is 4.79 Å². The smallest absolute Gasteiger partial charge is 0.408 e. The maximum atomic E-state index is 11.6. The Bertz CT molecular complexity index is 482. The predicted molar refractivity (Wildman–Crippen MR) is 73.9 cm³/mol. The van der Waals surface area contributed by atoms with E-state index in [0.717, 1.165) is 4.47 Å². The number of carboxylic acid groups (broad SMARTS) is 1. The molecule has 0 saturated carbocycles. The van der Waals surface area contributed by atoms with Gasteiger partial charge >= 0.3 is 12.1 Å². The summed E-state index contributed by atoms with van der Waals surface area (Å²) in [7, 11) is 0. The fraction of sp³-hybridized carbons (Fsp3) is 0.385. The van der Waals surface area contributed by atoms with Crippen LogP contribution in [0.2, 0.25) is 0 Å². The molecule has 0 heterocycles. The first-order valence-corrected chi connectivity index (χ1v) is 6.46. The van der Waals surface area contributed by atoms with Gasteiger partial charge in [0.15, 0.2) is 6.04 Å². The number of rotatable bonds is 3. The van der Waals surface area contributed by atoms with E-state index in [9.17, 15) is 14.7 Å². The Balaban J connectivity index is 2.85. The van der Waals surface area contributed by atoms with Crippen LogP contribution in [-0.2, 0) is 9.53 Å². The van der Waals surface area contributed by atoms with Crippen LogP contribution < -0.4 is 5.32 Å². The van der Waals surface area contributed by atoms with E-state index in [1.165, 1.54) is 0 Å². The number of halogens is 1. The Kier molecular flexibility index (Phi) is 4.94. The number of carbonyl (C=O) groups is 2. The van der Waals surface area contributed by atoms with Crippen molar-refractivity contribution >= 4 is 28.0 Å². The lowest BCUT2D eigenvalue weighted by Crippen LogP contribution is -2.38. The normalized spacial score (nSPS) is 12.6. The number of alkyl carbamates (subject to hydrolysis) is 1. The van der Waals surface area contributed by atoms with E-state index in [4.69, 9.17) is 4.74 Å². The molecule has 0 unspecified atom stereocenters. The van der Waals surface area contributed by atoms with Gasteiger partial charge in [0.2, 0.25) is 0 Å². The number of hydrogen-bond donors (Lipinski definition) is 2. The van der Waals surface area contributed by atoms with Crippen LogP contribution in [0.15, 0.2) is 28.7 Å². The molecule has 19 heavy (non-hydrogen) atoms. The van der Waals surface area contributed by atoms with Crippen molar-refractivity contribution in [2.45, 2.75) is 32.4 Å². The molecule has 0 aromatic heterocycles. The Labute approximate surface area is 120 Å². The average Bonchev–Trinajstić information content (AvgIpc) is 2.23. The molecule has 104 valence electrons. The molecule has 0 aliphatic rings. The molecule has 0 aliphatic carbocycles. The van der Waals surface area contributed by atoms with E-state index in [0.29, 0.717) is 5.56 Å². The number of nitrogens with one attached hydrogen (secondary N) is 1. The highest BCUT2D eigenvalue weighted by atomic mass is 79.9. The monoisotopic (exact) mass is 329 g/mol. The molecule has 1 aromatic carbocycles. The topological polar surface area (TPSA) is 75.6 Å². The molecule has 0 radical (unpaired) electrons. The average molecular weight is 330 g/mol. The molecule has 5 nitrogen and oxygen atoms in total. The Hall–Kier alpha value is -1.56. The van der Waals surface area contributed by atoms with Crippen molar-refractivity contribution in [2.24, 2.45) is 0 Å². The first-order chi connectivity index (χ1) is 8.69. The fourth-order valence-corrected chi connectivity index (χ4v) is 1.82. The molecule has 0 saturated heterocycles. The number of carboxylic acids is 1. The van der Waals surface area contributed by atoms with Crippen molar-refractivity contribution in [3.8, 4) is 0 Å². The maximum absolute atomic E-state index is 11.6. The van der Waals surface area contributed by atoms with Crippen molar-refractivity contribution in [3.63, 3.8) is 0 Å². The third-order valence-electron chi connectivity index (χ3n) is 2.09. The number of hydrogen-bond acceptors (Lipinski definition) is 3. The van der Waals surface area contributed by atoms with Gasteiger partial charge in [-0.05, 0) is 38.5 Å². The quantitative estimate of drug-likeness (QED) is 0.893. The molecule has 0 bridgehead atoms. The number of carbonyl (C=O) groups excluding carboxylic acids is 1. The summed E-state index contributed by atoms with van der Waals surface area (Å²) in [6.45, 7) is 5.13. The van der Waals surface area contributed by atoms with Crippen LogP contribution in [0.3, 0.4) is 0 Å². The van der Waals surface area contributed by atoms with Crippen LogP contribution in [0.5, 0.6) is 0 Å². The highest BCUT2D eigenvalue weighted by molar-refractivity contribution is 9.10. The third kappa shape index (κ3) is 5.30. The zero-order chi connectivity index (χ0) is 14.6. The highest BCUT2D eigenvalue weighted by Crippen LogP contribution is 2.19. The molecular weight excluding hydrogens is 314 g/mol. The minimum atomic E-state index is -1.15. The summed E-state index contributed by atoms with van der Waals surface area (Å²) >= 11 is 3.26. The summed E-state index contributed by atoms with van der Waals surface area (Å²) in [5.74, 6) is -1.15. The van der Waals surface area contributed by atoms with Crippen LogP contribution in [0, 0.1) is 0 Å². The molecule has 0 spiro atoms. The zero-order valence-corrected chi connectivity index (χ0v) is 12.5. The number of benzene rings is 1. The second kappa shape index (κ2) is 6.06. The van der Waals surface area contributed by atoms with Crippen LogP contribution in [0.1, 0.15) is 32.4 Å². The molecule has 6 heteroatoms. The van der Waals surface area contributed by atoms with Crippen molar-refractivity contribution < 1.29 is 19.4 Å². The van der Waals surface area contributed by atoms with Gasteiger partial charge in [-0.2, -0.15) is 0 Å². The summed E-state index contributed by atoms with van der Waals surface area (Å²) in [4.78, 5) is 22.9. The number of ether oxygens (including phenoxy) is 1. The lowest BCUT2D eigenvalue weighted by atomic mass is 10.1. The van der Waals surface area contributed by atoms with Gasteiger partial charge in [0.1, 0.15) is 5.60 Å². The lowest BCUT2D eigenvalue weighted by Gasteiger charge is -2.22. The fourth-order valence-electron chi connectivity index (χ4n) is 1.40. The highest BCUT2D eigenvalue weighted by Gasteiger charge is 2.25. The van der Waals surface area contributed by atoms with E-state index in [1.807, 2.05) is 0 Å². The third-order valence-corrected chi connectivity index (χ3v) is 2.58. The molecule has 1 rings (SSSR count). The lowest BCUT2D eigenvalue weighted by molar-refractivity contribution is -0.139. The van der Waals surface area contributed by atoms with Gasteiger partial charge in [-0.1, -0.05) is 28.1 Å². The van der Waals surface area contributed by atoms with E-state index >= 15 is 0 Å². The van der Waals surface area contributed by atoms with E-state index < -0.39 is 23.7 Å².